The van der Waals surface area contributed by atoms with Gasteiger partial charge in [-0.15, -0.1) is 11.3 Å². The van der Waals surface area contributed by atoms with Gasteiger partial charge in [0.15, 0.2) is 0 Å². The van der Waals surface area contributed by atoms with E-state index in [0.717, 1.165) is 15.2 Å². The van der Waals surface area contributed by atoms with Crippen molar-refractivity contribution in [3.63, 3.8) is 0 Å². The number of carbonyl (C=O) groups is 1. The van der Waals surface area contributed by atoms with Crippen LogP contribution in [0.15, 0.2) is 42.5 Å². The highest BCUT2D eigenvalue weighted by molar-refractivity contribution is 7.18. The number of para-hydroxylation sites is 1. The summed E-state index contributed by atoms with van der Waals surface area (Å²) in [6, 6.07) is 12.9. The summed E-state index contributed by atoms with van der Waals surface area (Å²) in [6.45, 7) is 0.213. The van der Waals surface area contributed by atoms with Crippen LogP contribution in [0.2, 0.25) is 5.02 Å². The number of ether oxygens (including phenoxy) is 2. The molecule has 0 saturated heterocycles. The molecule has 0 radical (unpaired) electrons. The fourth-order valence-electron chi connectivity index (χ4n) is 2.18. The Kier molecular flexibility index (Phi) is 5.30. The first-order valence-electron chi connectivity index (χ1n) is 7.21. The molecular weight excluding hydrogens is 348 g/mol. The molecule has 1 N–H and O–H groups in total. The van der Waals surface area contributed by atoms with Crippen molar-refractivity contribution < 1.29 is 14.3 Å². The van der Waals surface area contributed by atoms with E-state index < -0.39 is 0 Å². The molecule has 0 fully saturated rings. The normalized spacial score (nSPS) is 10.8. The summed E-state index contributed by atoms with van der Waals surface area (Å²) in [6.07, 6.45) is 0. The van der Waals surface area contributed by atoms with E-state index in [9.17, 15) is 4.79 Å². The molecule has 1 amide bonds. The van der Waals surface area contributed by atoms with Gasteiger partial charge in [0, 0.05) is 5.02 Å². The largest absolute Gasteiger partial charge is 0.495 e. The number of thiazole rings is 1. The molecule has 1 aromatic heterocycles. The van der Waals surface area contributed by atoms with Crippen LogP contribution in [0.4, 0.5) is 5.69 Å². The van der Waals surface area contributed by atoms with E-state index in [1.54, 1.807) is 29.5 Å². The summed E-state index contributed by atoms with van der Waals surface area (Å²) >= 11 is 7.49. The van der Waals surface area contributed by atoms with E-state index in [-0.39, 0.29) is 12.5 Å². The van der Waals surface area contributed by atoms with Crippen molar-refractivity contribution in [2.24, 2.45) is 0 Å². The molecule has 2 aromatic carbocycles. The monoisotopic (exact) mass is 362 g/mol. The Morgan fingerprint density at radius 2 is 2.12 bits per heavy atom. The number of nitrogens with one attached hydrogen (secondary N) is 1. The number of aromatic nitrogens is 1. The summed E-state index contributed by atoms with van der Waals surface area (Å²) in [5, 5.41) is 4.08. The second kappa shape index (κ2) is 7.61. The Morgan fingerprint density at radius 3 is 2.92 bits per heavy atom. The van der Waals surface area contributed by atoms with Gasteiger partial charge in [-0.1, -0.05) is 23.7 Å². The van der Waals surface area contributed by atoms with Crippen LogP contribution in [0.25, 0.3) is 10.2 Å². The van der Waals surface area contributed by atoms with Gasteiger partial charge in [-0.05, 0) is 30.3 Å². The average Bonchev–Trinajstić information content (AvgIpc) is 2.97. The molecule has 0 aliphatic rings. The van der Waals surface area contributed by atoms with Gasteiger partial charge < -0.3 is 14.8 Å². The van der Waals surface area contributed by atoms with Crippen molar-refractivity contribution >= 4 is 44.7 Å². The van der Waals surface area contributed by atoms with Gasteiger partial charge >= 0.3 is 0 Å². The molecule has 0 saturated carbocycles. The maximum absolute atomic E-state index is 12.0. The number of fused-ring (bicyclic) bond motifs is 1. The molecule has 0 atom stereocenters. The van der Waals surface area contributed by atoms with Crippen LogP contribution in [0, 0.1) is 0 Å². The Hall–Kier alpha value is -2.15. The van der Waals surface area contributed by atoms with Gasteiger partial charge in [0.05, 0.1) is 29.6 Å². The number of carbonyl (C=O) groups excluding carboxylic acids is 1. The van der Waals surface area contributed by atoms with Crippen LogP contribution >= 0.6 is 22.9 Å². The number of halogens is 1. The molecule has 0 spiro atoms. The molecule has 0 bridgehead atoms. The lowest BCUT2D eigenvalue weighted by molar-refractivity contribution is -0.121. The summed E-state index contributed by atoms with van der Waals surface area (Å²) in [4.78, 5) is 16.5. The van der Waals surface area contributed by atoms with E-state index in [2.05, 4.69) is 10.3 Å². The first-order chi connectivity index (χ1) is 11.7. The summed E-state index contributed by atoms with van der Waals surface area (Å²) in [5.41, 5.74) is 1.45. The lowest BCUT2D eigenvalue weighted by atomic mass is 10.3. The van der Waals surface area contributed by atoms with Crippen LogP contribution in [0.3, 0.4) is 0 Å². The molecule has 7 heteroatoms. The first kappa shape index (κ1) is 16.7. The molecular formula is C17H15ClN2O3S. The number of methoxy groups -OCH3 is 1. The number of hydrogen-bond acceptors (Lipinski definition) is 5. The summed E-state index contributed by atoms with van der Waals surface area (Å²) in [7, 11) is 1.53. The third-order valence-electron chi connectivity index (χ3n) is 3.23. The zero-order valence-corrected chi connectivity index (χ0v) is 14.5. The zero-order valence-electron chi connectivity index (χ0n) is 12.9. The number of anilines is 1. The number of amides is 1. The molecule has 124 valence electrons. The Bertz CT molecular complexity index is 833. The fourth-order valence-corrected chi connectivity index (χ4v) is 3.25. The van der Waals surface area contributed by atoms with Crippen molar-refractivity contribution in [3.05, 3.63) is 52.5 Å². The maximum atomic E-state index is 12.0. The van der Waals surface area contributed by atoms with Gasteiger partial charge in [0.25, 0.3) is 0 Å². The van der Waals surface area contributed by atoms with E-state index >= 15 is 0 Å². The average molecular weight is 363 g/mol. The second-order valence-corrected chi connectivity index (χ2v) is 6.51. The minimum atomic E-state index is -0.281. The quantitative estimate of drug-likeness (QED) is 0.716. The Morgan fingerprint density at radius 1 is 1.29 bits per heavy atom. The number of benzene rings is 2. The van der Waals surface area contributed by atoms with Crippen LogP contribution in [-0.4, -0.2) is 24.6 Å². The highest BCUT2D eigenvalue weighted by Gasteiger charge is 2.09. The van der Waals surface area contributed by atoms with E-state index in [1.165, 1.54) is 7.11 Å². The van der Waals surface area contributed by atoms with E-state index in [0.29, 0.717) is 23.1 Å². The van der Waals surface area contributed by atoms with Crippen molar-refractivity contribution in [1.82, 2.24) is 4.98 Å². The Labute approximate surface area is 148 Å². The summed E-state index contributed by atoms with van der Waals surface area (Å²) < 4.78 is 11.7. The third-order valence-corrected chi connectivity index (χ3v) is 4.48. The van der Waals surface area contributed by atoms with Crippen molar-refractivity contribution in [2.45, 2.75) is 6.61 Å². The number of hydrogen-bond donors (Lipinski definition) is 1. The van der Waals surface area contributed by atoms with Gasteiger partial charge in [-0.2, -0.15) is 0 Å². The van der Waals surface area contributed by atoms with Crippen molar-refractivity contribution in [3.8, 4) is 5.75 Å². The van der Waals surface area contributed by atoms with Gasteiger partial charge in [-0.3, -0.25) is 4.79 Å². The highest BCUT2D eigenvalue weighted by atomic mass is 35.5. The topological polar surface area (TPSA) is 60.5 Å². The number of nitrogens with zero attached hydrogens (tertiary/aromatic N) is 1. The maximum Gasteiger partial charge on any atom is 0.250 e. The minimum absolute atomic E-state index is 0.0778. The predicted octanol–water partition coefficient (Wildman–Crippen LogP) is 4.11. The van der Waals surface area contributed by atoms with Crippen LogP contribution in [-0.2, 0) is 16.1 Å². The van der Waals surface area contributed by atoms with E-state index in [1.807, 2.05) is 24.3 Å². The molecule has 1 heterocycles. The van der Waals surface area contributed by atoms with Crippen molar-refractivity contribution in [2.75, 3.05) is 19.0 Å². The van der Waals surface area contributed by atoms with Crippen LogP contribution in [0.5, 0.6) is 5.75 Å². The zero-order chi connectivity index (χ0) is 16.9. The predicted molar refractivity (Wildman–Crippen MR) is 95.9 cm³/mol. The second-order valence-electron chi connectivity index (χ2n) is 4.96. The molecule has 24 heavy (non-hydrogen) atoms. The highest BCUT2D eigenvalue weighted by Crippen LogP contribution is 2.27. The molecule has 5 nitrogen and oxygen atoms in total. The molecule has 3 aromatic rings. The number of rotatable bonds is 6. The van der Waals surface area contributed by atoms with E-state index in [4.69, 9.17) is 21.1 Å². The van der Waals surface area contributed by atoms with Gasteiger partial charge in [0.1, 0.15) is 17.4 Å². The summed E-state index contributed by atoms with van der Waals surface area (Å²) in [5.74, 6) is 0.260. The SMILES string of the molecule is COc1ccc(Cl)cc1NC(=O)COCc1nc2ccccc2s1. The van der Waals surface area contributed by atoms with Crippen LogP contribution < -0.4 is 10.1 Å². The fraction of sp³-hybridized carbons (Fsp3) is 0.176. The molecule has 0 unspecified atom stereocenters. The molecule has 0 aliphatic carbocycles. The van der Waals surface area contributed by atoms with Gasteiger partial charge in [0.2, 0.25) is 5.91 Å². The molecule has 0 aliphatic heterocycles. The van der Waals surface area contributed by atoms with Crippen LogP contribution in [0.1, 0.15) is 5.01 Å². The lowest BCUT2D eigenvalue weighted by Crippen LogP contribution is -2.18. The minimum Gasteiger partial charge on any atom is -0.495 e. The third kappa shape index (κ3) is 4.03. The first-order valence-corrected chi connectivity index (χ1v) is 8.41. The lowest BCUT2D eigenvalue weighted by Gasteiger charge is -2.10. The smallest absolute Gasteiger partial charge is 0.250 e. The van der Waals surface area contributed by atoms with Crippen molar-refractivity contribution in [1.29, 1.82) is 0 Å². The van der Waals surface area contributed by atoms with Gasteiger partial charge in [-0.25, -0.2) is 4.98 Å². The molecule has 3 rings (SSSR count). The standard InChI is InChI=1S/C17H15ClN2O3S/c1-22-14-7-6-11(18)8-13(14)19-16(21)9-23-10-17-20-12-4-2-3-5-15(12)24-17/h2-8H,9-10H2,1H3,(H,19,21). The Balaban J connectivity index is 1.55.